The molecule has 0 radical (unpaired) electrons. The van der Waals surface area contributed by atoms with Crippen molar-refractivity contribution in [1.29, 1.82) is 5.26 Å². The first-order valence-electron chi connectivity index (χ1n) is 8.69. The second-order valence-electron chi connectivity index (χ2n) is 7.19. The van der Waals surface area contributed by atoms with Crippen LogP contribution in [0.15, 0.2) is 48.5 Å². The van der Waals surface area contributed by atoms with Crippen molar-refractivity contribution in [3.8, 4) is 6.07 Å². The van der Waals surface area contributed by atoms with E-state index in [1.807, 2.05) is 31.3 Å². The van der Waals surface area contributed by atoms with Crippen LogP contribution in [0.5, 0.6) is 0 Å². The summed E-state index contributed by atoms with van der Waals surface area (Å²) in [6, 6.07) is 18.3. The zero-order valence-corrected chi connectivity index (χ0v) is 14.9. The Morgan fingerprint density at radius 1 is 1.12 bits per heavy atom. The molecule has 4 nitrogen and oxygen atoms in total. The number of rotatable bonds is 6. The minimum Gasteiger partial charge on any atom is -0.385 e. The van der Waals surface area contributed by atoms with Crippen molar-refractivity contribution in [3.63, 3.8) is 0 Å². The Morgan fingerprint density at radius 3 is 2.36 bits per heavy atom. The molecule has 0 atom stereocenters. The number of nitrogens with zero attached hydrogens (tertiary/aromatic N) is 3. The fourth-order valence-corrected chi connectivity index (χ4v) is 3.41. The number of benzene rings is 2. The predicted molar refractivity (Wildman–Crippen MR) is 101 cm³/mol. The summed E-state index contributed by atoms with van der Waals surface area (Å²) >= 11 is 0. The molecule has 3 rings (SSSR count). The lowest BCUT2D eigenvalue weighted by molar-refractivity contribution is -0.0896. The minimum atomic E-state index is -0.635. The van der Waals surface area contributed by atoms with Crippen LogP contribution in [0.3, 0.4) is 0 Å². The third kappa shape index (κ3) is 4.39. The summed E-state index contributed by atoms with van der Waals surface area (Å²) in [5.74, 6) is 0. The molecule has 0 unspecified atom stereocenters. The molecule has 0 spiro atoms. The van der Waals surface area contributed by atoms with Gasteiger partial charge in [-0.1, -0.05) is 29.8 Å². The molecule has 1 aliphatic rings. The van der Waals surface area contributed by atoms with E-state index in [-0.39, 0.29) is 0 Å². The van der Waals surface area contributed by atoms with Crippen molar-refractivity contribution in [2.45, 2.75) is 18.9 Å². The van der Waals surface area contributed by atoms with Crippen LogP contribution in [0.2, 0.25) is 0 Å². The second kappa shape index (κ2) is 7.26. The Bertz CT molecular complexity index is 740. The first-order chi connectivity index (χ1) is 12.0. The summed E-state index contributed by atoms with van der Waals surface area (Å²) in [4.78, 5) is 4.40. The predicted octanol–water partition coefficient (Wildman–Crippen LogP) is 2.59. The van der Waals surface area contributed by atoms with Gasteiger partial charge < -0.3 is 10.0 Å². The molecule has 25 heavy (non-hydrogen) atoms. The molecular weight excluding hydrogens is 310 g/mol. The fourth-order valence-electron chi connectivity index (χ4n) is 3.41. The average molecular weight is 335 g/mol. The molecule has 4 heteroatoms. The number of likely N-dealkylation sites (N-methyl/N-ethyl adjacent to an activating group) is 1. The van der Waals surface area contributed by atoms with Gasteiger partial charge in [0, 0.05) is 38.9 Å². The zero-order valence-electron chi connectivity index (χ0n) is 14.9. The van der Waals surface area contributed by atoms with Crippen molar-refractivity contribution in [3.05, 3.63) is 65.2 Å². The van der Waals surface area contributed by atoms with E-state index in [9.17, 15) is 5.11 Å². The summed E-state index contributed by atoms with van der Waals surface area (Å²) in [5.41, 5.74) is 3.67. The molecule has 1 saturated heterocycles. The number of aliphatic hydroxyl groups is 1. The highest BCUT2D eigenvalue weighted by molar-refractivity contribution is 5.47. The van der Waals surface area contributed by atoms with Crippen LogP contribution < -0.4 is 4.90 Å². The number of anilines is 1. The number of hydrogen-bond donors (Lipinski definition) is 1. The maximum Gasteiger partial charge on any atom is 0.107 e. The molecule has 0 saturated carbocycles. The molecule has 2 aromatic carbocycles. The molecular formula is C21H25N3O. The third-order valence-corrected chi connectivity index (χ3v) is 4.84. The van der Waals surface area contributed by atoms with Crippen LogP contribution in [0.4, 0.5) is 5.69 Å². The fraction of sp³-hybridized carbons (Fsp3) is 0.381. The van der Waals surface area contributed by atoms with Gasteiger partial charge in [0.25, 0.3) is 0 Å². The topological polar surface area (TPSA) is 50.5 Å². The zero-order chi connectivity index (χ0) is 17.9. The van der Waals surface area contributed by atoms with E-state index in [4.69, 9.17) is 5.26 Å². The quantitative estimate of drug-likeness (QED) is 0.881. The third-order valence-electron chi connectivity index (χ3n) is 4.84. The van der Waals surface area contributed by atoms with Crippen LogP contribution in [-0.4, -0.2) is 48.8 Å². The molecule has 1 N–H and O–H groups in total. The van der Waals surface area contributed by atoms with Crippen molar-refractivity contribution in [1.82, 2.24) is 4.90 Å². The molecule has 0 aromatic heterocycles. The van der Waals surface area contributed by atoms with Gasteiger partial charge in [-0.3, -0.25) is 4.90 Å². The van der Waals surface area contributed by atoms with E-state index >= 15 is 0 Å². The van der Waals surface area contributed by atoms with E-state index in [1.54, 1.807) is 0 Å². The lowest BCUT2D eigenvalue weighted by Crippen LogP contribution is -2.66. The average Bonchev–Trinajstić information content (AvgIpc) is 2.59. The largest absolute Gasteiger partial charge is 0.385 e. The van der Waals surface area contributed by atoms with Crippen molar-refractivity contribution >= 4 is 5.69 Å². The van der Waals surface area contributed by atoms with Gasteiger partial charge >= 0.3 is 0 Å². The lowest BCUT2D eigenvalue weighted by atomic mass is 9.92. The van der Waals surface area contributed by atoms with Crippen LogP contribution >= 0.6 is 0 Å². The highest BCUT2D eigenvalue weighted by atomic mass is 16.3. The van der Waals surface area contributed by atoms with E-state index in [1.165, 1.54) is 11.1 Å². The molecule has 0 amide bonds. The first-order valence-corrected chi connectivity index (χ1v) is 8.69. The number of β-amino-alcohol motifs (C(OH)–C–C–N with tert-alkyl or cyclic N) is 1. The first kappa shape index (κ1) is 17.5. The molecule has 130 valence electrons. The van der Waals surface area contributed by atoms with Gasteiger partial charge in [-0.25, -0.2) is 0 Å². The van der Waals surface area contributed by atoms with Gasteiger partial charge in [-0.2, -0.15) is 5.26 Å². The van der Waals surface area contributed by atoms with Gasteiger partial charge in [-0.15, -0.1) is 0 Å². The molecule has 1 heterocycles. The Morgan fingerprint density at radius 2 is 1.76 bits per heavy atom. The van der Waals surface area contributed by atoms with E-state index < -0.39 is 5.60 Å². The van der Waals surface area contributed by atoms with Gasteiger partial charge in [0.1, 0.15) is 5.60 Å². The van der Waals surface area contributed by atoms with E-state index in [2.05, 4.69) is 47.1 Å². The Balaban J connectivity index is 1.45. The Hall–Kier alpha value is -2.35. The van der Waals surface area contributed by atoms with Crippen molar-refractivity contribution in [2.75, 3.05) is 38.1 Å². The van der Waals surface area contributed by atoms with Crippen LogP contribution in [0.1, 0.15) is 16.7 Å². The van der Waals surface area contributed by atoms with Gasteiger partial charge in [0.05, 0.1) is 11.6 Å². The Kier molecular flexibility index (Phi) is 5.08. The highest BCUT2D eigenvalue weighted by Gasteiger charge is 2.41. The standard InChI is InChI=1S/C21H25N3O/c1-17-3-9-20(10-4-17)23(2)14-21(25)15-24(16-21)12-11-18-5-7-19(13-22)8-6-18/h3-10,25H,11-12,14-16H2,1-2H3. The number of hydrogen-bond acceptors (Lipinski definition) is 4. The smallest absolute Gasteiger partial charge is 0.107 e. The molecule has 1 fully saturated rings. The van der Waals surface area contributed by atoms with Crippen LogP contribution in [0, 0.1) is 18.3 Å². The maximum atomic E-state index is 10.7. The monoisotopic (exact) mass is 335 g/mol. The highest BCUT2D eigenvalue weighted by Crippen LogP contribution is 2.24. The van der Waals surface area contributed by atoms with E-state index in [0.29, 0.717) is 25.2 Å². The molecule has 0 bridgehead atoms. The van der Waals surface area contributed by atoms with Gasteiger partial charge in [0.15, 0.2) is 0 Å². The van der Waals surface area contributed by atoms with Crippen molar-refractivity contribution in [2.24, 2.45) is 0 Å². The molecule has 0 aliphatic carbocycles. The normalized spacial score (nSPS) is 16.1. The SMILES string of the molecule is Cc1ccc(N(C)CC2(O)CN(CCc3ccc(C#N)cc3)C2)cc1. The summed E-state index contributed by atoms with van der Waals surface area (Å²) < 4.78 is 0. The minimum absolute atomic E-state index is 0.635. The Labute approximate surface area is 149 Å². The van der Waals surface area contributed by atoms with E-state index in [0.717, 1.165) is 18.7 Å². The number of nitriles is 1. The number of aryl methyl sites for hydroxylation is 1. The molecule has 1 aliphatic heterocycles. The second-order valence-corrected chi connectivity index (χ2v) is 7.19. The lowest BCUT2D eigenvalue weighted by Gasteiger charge is -2.48. The maximum absolute atomic E-state index is 10.7. The summed E-state index contributed by atoms with van der Waals surface area (Å²) in [7, 11) is 2.03. The van der Waals surface area contributed by atoms with Gasteiger partial charge in [-0.05, 0) is 43.2 Å². The van der Waals surface area contributed by atoms with Crippen LogP contribution in [0.25, 0.3) is 0 Å². The summed E-state index contributed by atoms with van der Waals surface area (Å²) in [6.45, 7) is 5.07. The van der Waals surface area contributed by atoms with Crippen molar-refractivity contribution < 1.29 is 5.11 Å². The summed E-state index contributed by atoms with van der Waals surface area (Å²) in [5, 5.41) is 19.5. The molecule has 2 aromatic rings. The van der Waals surface area contributed by atoms with Crippen LogP contribution in [-0.2, 0) is 6.42 Å². The summed E-state index contributed by atoms with van der Waals surface area (Å²) in [6.07, 6.45) is 0.940. The number of likely N-dealkylation sites (tertiary alicyclic amines) is 1. The van der Waals surface area contributed by atoms with Gasteiger partial charge in [0.2, 0.25) is 0 Å².